The van der Waals surface area contributed by atoms with E-state index in [2.05, 4.69) is 15.0 Å². The third kappa shape index (κ3) is 5.62. The second kappa shape index (κ2) is 10.9. The number of amides is 2. The number of aliphatic imine (C=N–C) groups is 1. The lowest BCUT2D eigenvalue weighted by atomic mass is 10.1. The van der Waals surface area contributed by atoms with E-state index >= 15 is 0 Å². The van der Waals surface area contributed by atoms with Gasteiger partial charge in [0.2, 0.25) is 18.6 Å². The highest BCUT2D eigenvalue weighted by Gasteiger charge is 2.36. The van der Waals surface area contributed by atoms with Gasteiger partial charge >= 0.3 is 5.97 Å². The van der Waals surface area contributed by atoms with Crippen LogP contribution in [0.25, 0.3) is 0 Å². The van der Waals surface area contributed by atoms with Gasteiger partial charge in [-0.05, 0) is 66.2 Å². The van der Waals surface area contributed by atoms with Gasteiger partial charge in [-0.1, -0.05) is 17.8 Å². The van der Waals surface area contributed by atoms with E-state index in [0.29, 0.717) is 33.6 Å². The Morgan fingerprint density at radius 2 is 1.82 bits per heavy atom. The normalized spacial score (nSPS) is 17.4. The van der Waals surface area contributed by atoms with Crippen molar-refractivity contribution in [3.8, 4) is 11.5 Å². The van der Waals surface area contributed by atoms with Crippen LogP contribution in [0.5, 0.6) is 11.5 Å². The van der Waals surface area contributed by atoms with E-state index in [4.69, 9.17) is 9.47 Å². The van der Waals surface area contributed by atoms with Gasteiger partial charge in [0.15, 0.2) is 16.7 Å². The van der Waals surface area contributed by atoms with Crippen LogP contribution < -0.4 is 14.8 Å². The van der Waals surface area contributed by atoms with Crippen LogP contribution in [0.3, 0.4) is 0 Å². The highest BCUT2D eigenvalue weighted by molar-refractivity contribution is 8.15. The molecule has 1 N–H and O–H groups in total. The van der Waals surface area contributed by atoms with Crippen LogP contribution in [0.2, 0.25) is 0 Å². The minimum absolute atomic E-state index is 0.0519. The summed E-state index contributed by atoms with van der Waals surface area (Å²) in [6.45, 7) is 0.336. The molecular weight excluding hydrogens is 513 g/mol. The van der Waals surface area contributed by atoms with Crippen molar-refractivity contribution >= 4 is 46.1 Å². The van der Waals surface area contributed by atoms with Crippen molar-refractivity contribution in [2.24, 2.45) is 4.99 Å². The Balaban J connectivity index is 1.37. The Labute approximate surface area is 221 Å². The average Bonchev–Trinajstić information content (AvgIpc) is 3.39. The molecule has 194 valence electrons. The van der Waals surface area contributed by atoms with Crippen LogP contribution in [0, 0.1) is 5.82 Å². The number of thioether (sulfide) groups is 1. The Bertz CT molecular complexity index is 1410. The number of hydrogen-bond acceptors (Lipinski definition) is 8. The molecular formula is C27H22FN3O6S. The molecule has 2 amide bonds. The van der Waals surface area contributed by atoms with Crippen molar-refractivity contribution < 1.29 is 33.0 Å². The fraction of sp³-hybridized carbons (Fsp3) is 0.185. The zero-order valence-electron chi connectivity index (χ0n) is 20.2. The maximum atomic E-state index is 13.4. The summed E-state index contributed by atoms with van der Waals surface area (Å²) in [6, 6.07) is 17.2. The number of methoxy groups -OCH3 is 1. The second-order valence-electron chi connectivity index (χ2n) is 8.41. The van der Waals surface area contributed by atoms with E-state index in [-0.39, 0.29) is 31.6 Å². The lowest BCUT2D eigenvalue weighted by Crippen LogP contribution is -2.44. The third-order valence-corrected chi connectivity index (χ3v) is 7.02. The van der Waals surface area contributed by atoms with Gasteiger partial charge in [-0.2, -0.15) is 0 Å². The van der Waals surface area contributed by atoms with Gasteiger partial charge in [0, 0.05) is 12.1 Å². The van der Waals surface area contributed by atoms with Crippen LogP contribution in [0.15, 0.2) is 71.7 Å². The first-order valence-electron chi connectivity index (χ1n) is 11.6. The van der Waals surface area contributed by atoms with Crippen LogP contribution in [-0.2, 0) is 20.9 Å². The summed E-state index contributed by atoms with van der Waals surface area (Å²) in [4.78, 5) is 44.1. The molecule has 38 heavy (non-hydrogen) atoms. The standard InChI is InChI=1S/C27H22FN3O6S/c1-35-26(34)17-3-7-19(8-4-17)29-25(33)23-13-24(32)31(14-16-2-11-21-22(12-16)37-15-36-21)27(38-23)30-20-9-5-18(28)6-10-20/h2-12,23H,13-15H2,1H3,(H,29,33)/t23-/m1/s1. The van der Waals surface area contributed by atoms with Gasteiger partial charge in [0.05, 0.1) is 24.9 Å². The number of ether oxygens (including phenoxy) is 3. The van der Waals surface area contributed by atoms with Gasteiger partial charge < -0.3 is 19.5 Å². The number of carbonyl (C=O) groups is 3. The highest BCUT2D eigenvalue weighted by Crippen LogP contribution is 2.35. The van der Waals surface area contributed by atoms with Crippen molar-refractivity contribution in [2.75, 3.05) is 19.2 Å². The lowest BCUT2D eigenvalue weighted by Gasteiger charge is -2.32. The van der Waals surface area contributed by atoms with E-state index in [9.17, 15) is 18.8 Å². The van der Waals surface area contributed by atoms with E-state index in [1.807, 2.05) is 6.07 Å². The molecule has 5 rings (SSSR count). The summed E-state index contributed by atoms with van der Waals surface area (Å²) in [5, 5.41) is 2.34. The molecule has 2 heterocycles. The molecule has 3 aromatic carbocycles. The first-order valence-corrected chi connectivity index (χ1v) is 12.5. The topological polar surface area (TPSA) is 107 Å². The third-order valence-electron chi connectivity index (χ3n) is 5.83. The molecule has 2 aliphatic heterocycles. The Hall–Kier alpha value is -4.38. The summed E-state index contributed by atoms with van der Waals surface area (Å²) < 4.78 is 28.9. The zero-order chi connectivity index (χ0) is 26.6. The SMILES string of the molecule is COC(=O)c1ccc(NC(=O)[C@H]2CC(=O)N(Cc3ccc4c(c3)OCO4)C(=Nc3ccc(F)cc3)S2)cc1. The number of nitrogens with one attached hydrogen (secondary N) is 1. The maximum Gasteiger partial charge on any atom is 0.337 e. The van der Waals surface area contributed by atoms with Crippen molar-refractivity contribution in [3.63, 3.8) is 0 Å². The molecule has 1 atom stereocenters. The van der Waals surface area contributed by atoms with Crippen LogP contribution in [-0.4, -0.2) is 47.0 Å². The molecule has 1 saturated heterocycles. The molecule has 0 aromatic heterocycles. The van der Waals surface area contributed by atoms with Crippen LogP contribution >= 0.6 is 11.8 Å². The number of fused-ring (bicyclic) bond motifs is 1. The van der Waals surface area contributed by atoms with Gasteiger partial charge in [-0.3, -0.25) is 14.5 Å². The molecule has 11 heteroatoms. The molecule has 9 nitrogen and oxygen atoms in total. The number of esters is 1. The number of halogens is 1. The lowest BCUT2D eigenvalue weighted by molar-refractivity contribution is -0.129. The number of benzene rings is 3. The summed E-state index contributed by atoms with van der Waals surface area (Å²) in [5.74, 6) is -0.349. The minimum Gasteiger partial charge on any atom is -0.465 e. The molecule has 2 aliphatic rings. The van der Waals surface area contributed by atoms with Crippen molar-refractivity contribution in [1.29, 1.82) is 0 Å². The summed E-state index contributed by atoms with van der Waals surface area (Å²) in [5.41, 5.74) is 2.05. The minimum atomic E-state index is -0.755. The average molecular weight is 536 g/mol. The molecule has 0 bridgehead atoms. The van der Waals surface area contributed by atoms with E-state index in [0.717, 1.165) is 17.3 Å². The molecule has 0 aliphatic carbocycles. The Kier molecular flexibility index (Phi) is 7.27. The predicted molar refractivity (Wildman–Crippen MR) is 139 cm³/mol. The Morgan fingerprint density at radius 1 is 1.08 bits per heavy atom. The van der Waals surface area contributed by atoms with E-state index in [1.165, 1.54) is 48.4 Å². The van der Waals surface area contributed by atoms with Gasteiger partial charge in [0.1, 0.15) is 11.1 Å². The number of anilines is 1. The first-order chi connectivity index (χ1) is 18.4. The van der Waals surface area contributed by atoms with Gasteiger partial charge in [-0.25, -0.2) is 14.2 Å². The van der Waals surface area contributed by atoms with Gasteiger partial charge in [-0.15, -0.1) is 0 Å². The maximum absolute atomic E-state index is 13.4. The summed E-state index contributed by atoms with van der Waals surface area (Å²) >= 11 is 1.15. The van der Waals surface area contributed by atoms with Gasteiger partial charge in [0.25, 0.3) is 0 Å². The second-order valence-corrected chi connectivity index (χ2v) is 9.58. The van der Waals surface area contributed by atoms with E-state index in [1.54, 1.807) is 24.3 Å². The largest absolute Gasteiger partial charge is 0.465 e. The highest BCUT2D eigenvalue weighted by atomic mass is 32.2. The smallest absolute Gasteiger partial charge is 0.337 e. The number of carbonyl (C=O) groups excluding carboxylic acids is 3. The fourth-order valence-corrected chi connectivity index (χ4v) is 4.97. The van der Waals surface area contributed by atoms with Crippen molar-refractivity contribution in [3.05, 3.63) is 83.7 Å². The first kappa shape index (κ1) is 25.3. The van der Waals surface area contributed by atoms with Crippen molar-refractivity contribution in [1.82, 2.24) is 4.90 Å². The molecule has 0 unspecified atom stereocenters. The summed E-state index contributed by atoms with van der Waals surface area (Å²) in [6.07, 6.45) is -0.0519. The molecule has 1 fully saturated rings. The predicted octanol–water partition coefficient (Wildman–Crippen LogP) is 4.50. The number of amidine groups is 1. The number of rotatable bonds is 6. The molecule has 0 saturated carbocycles. The summed E-state index contributed by atoms with van der Waals surface area (Å²) in [7, 11) is 1.29. The van der Waals surface area contributed by atoms with E-state index < -0.39 is 17.0 Å². The molecule has 3 aromatic rings. The fourth-order valence-electron chi connectivity index (χ4n) is 3.87. The van der Waals surface area contributed by atoms with Crippen LogP contribution in [0.1, 0.15) is 22.3 Å². The molecule has 0 spiro atoms. The Morgan fingerprint density at radius 3 is 2.55 bits per heavy atom. The monoisotopic (exact) mass is 535 g/mol. The zero-order valence-corrected chi connectivity index (χ0v) is 21.0. The quantitative estimate of drug-likeness (QED) is 0.463. The number of nitrogens with zero attached hydrogens (tertiary/aromatic N) is 2. The van der Waals surface area contributed by atoms with Crippen molar-refractivity contribution in [2.45, 2.75) is 18.2 Å². The molecule has 0 radical (unpaired) electrons. The number of hydrogen-bond donors (Lipinski definition) is 1. The van der Waals surface area contributed by atoms with Crippen LogP contribution in [0.4, 0.5) is 15.8 Å².